The predicted octanol–water partition coefficient (Wildman–Crippen LogP) is 3.44. The second-order valence-corrected chi connectivity index (χ2v) is 8.13. The van der Waals surface area contributed by atoms with Crippen molar-refractivity contribution in [3.8, 4) is 0 Å². The van der Waals surface area contributed by atoms with E-state index in [4.69, 9.17) is 4.74 Å². The fourth-order valence-corrected chi connectivity index (χ4v) is 4.24. The van der Waals surface area contributed by atoms with Crippen LogP contribution in [0.4, 0.5) is 5.69 Å². The number of aromatic nitrogens is 1. The second-order valence-electron chi connectivity index (χ2n) is 6.27. The van der Waals surface area contributed by atoms with Gasteiger partial charge in [0.1, 0.15) is 0 Å². The number of para-hydroxylation sites is 1. The maximum atomic E-state index is 13.2. The minimum absolute atomic E-state index is 0.0296. The molecule has 1 aromatic heterocycles. The number of sulfonamides is 1. The highest BCUT2D eigenvalue weighted by atomic mass is 32.2. The van der Waals surface area contributed by atoms with E-state index in [1.165, 1.54) is 34.6 Å². The van der Waals surface area contributed by atoms with Gasteiger partial charge in [0.15, 0.2) is 6.61 Å². The molecule has 0 fully saturated rings. The smallest absolute Gasteiger partial charge is 0.338 e. The first-order valence-electron chi connectivity index (χ1n) is 9.06. The Morgan fingerprint density at radius 3 is 2.47 bits per heavy atom. The Kier molecular flexibility index (Phi) is 6.48. The van der Waals surface area contributed by atoms with Crippen LogP contribution in [0.25, 0.3) is 0 Å². The Morgan fingerprint density at radius 2 is 1.80 bits per heavy atom. The molecule has 0 radical (unpaired) electrons. The van der Waals surface area contributed by atoms with Gasteiger partial charge in [-0.15, -0.1) is 6.58 Å². The number of aromatic amines is 1. The molecular weight excluding hydrogens is 404 g/mol. The molecule has 3 rings (SSSR count). The molecule has 7 nitrogen and oxygen atoms in total. The van der Waals surface area contributed by atoms with Crippen LogP contribution in [0.15, 0.2) is 90.5 Å². The lowest BCUT2D eigenvalue weighted by Crippen LogP contribution is -2.31. The van der Waals surface area contributed by atoms with Gasteiger partial charge in [0.25, 0.3) is 10.0 Å². The van der Waals surface area contributed by atoms with Gasteiger partial charge in [-0.1, -0.05) is 30.3 Å². The Balaban J connectivity index is 1.81. The highest BCUT2D eigenvalue weighted by Gasteiger charge is 2.25. The number of carbonyl (C=O) groups is 2. The third kappa shape index (κ3) is 4.66. The molecule has 2 aromatic carbocycles. The van der Waals surface area contributed by atoms with Gasteiger partial charge in [-0.3, -0.25) is 9.10 Å². The fraction of sp³-hybridized carbons (Fsp3) is 0.0909. The van der Waals surface area contributed by atoms with Gasteiger partial charge in [0.05, 0.1) is 28.4 Å². The second kappa shape index (κ2) is 9.23. The molecule has 8 heteroatoms. The number of rotatable bonds is 9. The lowest BCUT2D eigenvalue weighted by molar-refractivity contribution is 0.0473. The summed E-state index contributed by atoms with van der Waals surface area (Å²) in [5.41, 5.74) is 0.825. The Labute approximate surface area is 174 Å². The molecule has 0 atom stereocenters. The molecule has 0 unspecified atom stereocenters. The minimum Gasteiger partial charge on any atom is -0.454 e. The number of Topliss-reactive ketones (excluding diaryl/α,β-unsaturated/α-hetero) is 1. The van der Waals surface area contributed by atoms with Crippen molar-refractivity contribution in [2.24, 2.45) is 0 Å². The molecule has 0 amide bonds. The monoisotopic (exact) mass is 424 g/mol. The number of H-pyrrole nitrogens is 1. The minimum atomic E-state index is -3.96. The molecule has 0 aliphatic heterocycles. The molecule has 0 spiro atoms. The number of ketones is 1. The highest BCUT2D eigenvalue weighted by Crippen LogP contribution is 2.24. The molecule has 0 saturated heterocycles. The summed E-state index contributed by atoms with van der Waals surface area (Å²) in [7, 11) is -3.96. The topological polar surface area (TPSA) is 96.5 Å². The van der Waals surface area contributed by atoms with Gasteiger partial charge in [0, 0.05) is 6.20 Å². The van der Waals surface area contributed by atoms with Gasteiger partial charge in [-0.2, -0.15) is 0 Å². The lowest BCUT2D eigenvalue weighted by atomic mass is 10.2. The van der Waals surface area contributed by atoms with Crippen LogP contribution in [-0.2, 0) is 14.8 Å². The zero-order valence-electron chi connectivity index (χ0n) is 16.0. The highest BCUT2D eigenvalue weighted by molar-refractivity contribution is 7.92. The Hall–Kier alpha value is -3.65. The number of nitrogens with zero attached hydrogens (tertiary/aromatic N) is 1. The molecule has 30 heavy (non-hydrogen) atoms. The van der Waals surface area contributed by atoms with E-state index in [-0.39, 0.29) is 17.0 Å². The number of ether oxygens (including phenoxy) is 1. The fourth-order valence-electron chi connectivity index (χ4n) is 2.76. The molecule has 0 aliphatic rings. The Bertz CT molecular complexity index is 1140. The van der Waals surface area contributed by atoms with Crippen molar-refractivity contribution in [3.05, 3.63) is 96.8 Å². The summed E-state index contributed by atoms with van der Waals surface area (Å²) in [5, 5.41) is 0. The van der Waals surface area contributed by atoms with Crippen molar-refractivity contribution in [2.45, 2.75) is 4.90 Å². The van der Waals surface area contributed by atoms with Crippen LogP contribution in [-0.4, -0.2) is 38.3 Å². The van der Waals surface area contributed by atoms with E-state index in [0.29, 0.717) is 11.4 Å². The van der Waals surface area contributed by atoms with Gasteiger partial charge >= 0.3 is 5.97 Å². The van der Waals surface area contributed by atoms with Crippen molar-refractivity contribution < 1.29 is 22.7 Å². The van der Waals surface area contributed by atoms with E-state index in [9.17, 15) is 18.0 Å². The van der Waals surface area contributed by atoms with Crippen LogP contribution in [0, 0.1) is 0 Å². The molecule has 0 bridgehead atoms. The van der Waals surface area contributed by atoms with Gasteiger partial charge in [-0.05, 0) is 42.5 Å². The normalized spacial score (nSPS) is 10.9. The summed E-state index contributed by atoms with van der Waals surface area (Å²) >= 11 is 0. The number of nitrogens with one attached hydrogen (secondary N) is 1. The standard InChI is InChI=1S/C22H20N2O5S/c1-2-14-24(18-9-4-3-5-10-18)30(27,28)19-11-6-8-17(15-19)22(26)29-16-21(25)20-12-7-13-23-20/h2-13,15,23H,1,14,16H2. The van der Waals surface area contributed by atoms with Crippen LogP contribution in [0.3, 0.4) is 0 Å². The van der Waals surface area contributed by atoms with Crippen molar-refractivity contribution in [1.82, 2.24) is 4.98 Å². The number of esters is 1. The van der Waals surface area contributed by atoms with Crippen molar-refractivity contribution in [3.63, 3.8) is 0 Å². The number of hydrogen-bond acceptors (Lipinski definition) is 5. The quantitative estimate of drug-likeness (QED) is 0.322. The molecule has 0 aliphatic carbocycles. The molecule has 1 N–H and O–H groups in total. The zero-order valence-corrected chi connectivity index (χ0v) is 16.8. The first-order chi connectivity index (χ1) is 14.4. The van der Waals surface area contributed by atoms with Crippen LogP contribution < -0.4 is 4.31 Å². The average Bonchev–Trinajstić information content (AvgIpc) is 3.31. The molecular formula is C22H20N2O5S. The molecule has 154 valence electrons. The van der Waals surface area contributed by atoms with E-state index in [0.717, 1.165) is 0 Å². The zero-order chi connectivity index (χ0) is 21.6. The first kappa shape index (κ1) is 21.1. The summed E-state index contributed by atoms with van der Waals surface area (Å²) in [5.74, 6) is -1.18. The van der Waals surface area contributed by atoms with E-state index >= 15 is 0 Å². The van der Waals surface area contributed by atoms with Crippen molar-refractivity contribution in [2.75, 3.05) is 17.5 Å². The van der Waals surface area contributed by atoms with Crippen LogP contribution in [0.5, 0.6) is 0 Å². The number of benzene rings is 2. The van der Waals surface area contributed by atoms with Crippen LogP contribution in [0.2, 0.25) is 0 Å². The lowest BCUT2D eigenvalue weighted by Gasteiger charge is -2.23. The van der Waals surface area contributed by atoms with E-state index in [2.05, 4.69) is 11.6 Å². The largest absolute Gasteiger partial charge is 0.454 e. The summed E-state index contributed by atoms with van der Waals surface area (Å²) in [6, 6.07) is 17.3. The predicted molar refractivity (Wildman–Crippen MR) is 113 cm³/mol. The third-order valence-corrected chi connectivity index (χ3v) is 6.02. The van der Waals surface area contributed by atoms with Crippen molar-refractivity contribution >= 4 is 27.5 Å². The number of hydrogen-bond donors (Lipinski definition) is 1. The average molecular weight is 424 g/mol. The maximum Gasteiger partial charge on any atom is 0.338 e. The van der Waals surface area contributed by atoms with Gasteiger partial charge in [-0.25, -0.2) is 13.2 Å². The van der Waals surface area contributed by atoms with Crippen LogP contribution in [0.1, 0.15) is 20.8 Å². The summed E-state index contributed by atoms with van der Waals surface area (Å²) in [6.45, 7) is 3.23. The van der Waals surface area contributed by atoms with E-state index in [1.54, 1.807) is 48.7 Å². The molecule has 3 aromatic rings. The molecule has 0 saturated carbocycles. The van der Waals surface area contributed by atoms with Crippen LogP contribution >= 0.6 is 0 Å². The summed E-state index contributed by atoms with van der Waals surface area (Å²) in [4.78, 5) is 27.0. The van der Waals surface area contributed by atoms with Gasteiger partial charge < -0.3 is 9.72 Å². The Morgan fingerprint density at radius 1 is 1.03 bits per heavy atom. The van der Waals surface area contributed by atoms with Crippen molar-refractivity contribution in [1.29, 1.82) is 0 Å². The third-order valence-electron chi connectivity index (χ3n) is 4.23. The SMILES string of the molecule is C=CCN(c1ccccc1)S(=O)(=O)c1cccc(C(=O)OCC(=O)c2ccc[nH]2)c1. The molecule has 1 heterocycles. The first-order valence-corrected chi connectivity index (χ1v) is 10.5. The van der Waals surface area contributed by atoms with E-state index in [1.807, 2.05) is 0 Å². The number of carbonyl (C=O) groups excluding carboxylic acids is 2. The maximum absolute atomic E-state index is 13.2. The summed E-state index contributed by atoms with van der Waals surface area (Å²) < 4.78 is 32.6. The van der Waals surface area contributed by atoms with Gasteiger partial charge in [0.2, 0.25) is 5.78 Å². The summed E-state index contributed by atoms with van der Waals surface area (Å²) in [6.07, 6.45) is 3.07. The van der Waals surface area contributed by atoms with E-state index < -0.39 is 28.4 Å². The number of anilines is 1.